The van der Waals surface area contributed by atoms with Crippen LogP contribution >= 0.6 is 0 Å². The van der Waals surface area contributed by atoms with E-state index in [0.29, 0.717) is 31.7 Å². The Morgan fingerprint density at radius 2 is 1.76 bits per heavy atom. The average Bonchev–Trinajstić information content (AvgIpc) is 3.49. The van der Waals surface area contributed by atoms with Crippen molar-refractivity contribution in [1.29, 1.82) is 0 Å². The number of fused-ring (bicyclic) bond motifs is 2. The van der Waals surface area contributed by atoms with Crippen molar-refractivity contribution < 1.29 is 48.9 Å². The summed E-state index contributed by atoms with van der Waals surface area (Å²) in [5.74, 6) is 0. The predicted molar refractivity (Wildman–Crippen MR) is 124 cm³/mol. The van der Waals surface area contributed by atoms with Crippen molar-refractivity contribution in [3.63, 3.8) is 0 Å². The van der Waals surface area contributed by atoms with Crippen LogP contribution in [0.15, 0.2) is 24.5 Å². The zero-order valence-corrected chi connectivity index (χ0v) is 22.2. The maximum Gasteiger partial charge on any atom is 1.00 e. The zero-order valence-electron chi connectivity index (χ0n) is 20.4. The number of nitrogens with one attached hydrogen (secondary N) is 2. The number of carbonyl (C=O) groups excluding carboxylic acids is 1. The zero-order chi connectivity index (χ0) is 22.3. The summed E-state index contributed by atoms with van der Waals surface area (Å²) in [6.07, 6.45) is 10.7. The summed E-state index contributed by atoms with van der Waals surface area (Å²) in [4.78, 5) is 13.0. The van der Waals surface area contributed by atoms with Crippen LogP contribution in [0.25, 0.3) is 0 Å². The van der Waals surface area contributed by atoms with E-state index >= 15 is 0 Å². The van der Waals surface area contributed by atoms with Crippen LogP contribution in [0.4, 0.5) is 16.2 Å². The number of aryl methyl sites for hydroxylation is 3. The number of aromatic nitrogens is 1. The molecule has 2 aromatic rings. The number of urea groups is 1. The molecule has 2 amide bonds. The molecule has 2 heterocycles. The van der Waals surface area contributed by atoms with E-state index < -0.39 is 16.2 Å². The normalized spacial score (nSPS) is 17.7. The second kappa shape index (κ2) is 10.00. The molecule has 0 spiro atoms. The molecular weight excluding hydrogens is 451 g/mol. The summed E-state index contributed by atoms with van der Waals surface area (Å²) in [6, 6.07) is 3.07. The molecule has 3 aliphatic rings. The van der Waals surface area contributed by atoms with Crippen LogP contribution in [0.2, 0.25) is 0 Å². The van der Waals surface area contributed by atoms with Crippen molar-refractivity contribution in [3.05, 3.63) is 46.8 Å². The van der Waals surface area contributed by atoms with E-state index in [1.165, 1.54) is 26.6 Å². The van der Waals surface area contributed by atoms with Crippen LogP contribution in [-0.4, -0.2) is 38.3 Å². The number of rotatable bonds is 5. The van der Waals surface area contributed by atoms with E-state index in [-0.39, 0.29) is 37.0 Å². The minimum atomic E-state index is -4.11. The van der Waals surface area contributed by atoms with Crippen molar-refractivity contribution in [2.45, 2.75) is 57.4 Å². The van der Waals surface area contributed by atoms with E-state index in [2.05, 4.69) is 16.1 Å². The molecular formula is C23H31N4NaO4S. The molecule has 0 saturated carbocycles. The number of hydrogen-bond acceptors (Lipinski definition) is 4. The van der Waals surface area contributed by atoms with Crippen LogP contribution < -0.4 is 43.9 Å². The van der Waals surface area contributed by atoms with Crippen LogP contribution in [0.1, 0.15) is 49.4 Å². The van der Waals surface area contributed by atoms with Gasteiger partial charge in [0, 0.05) is 38.3 Å². The third-order valence-electron chi connectivity index (χ3n) is 6.79. The van der Waals surface area contributed by atoms with Crippen LogP contribution in [0, 0.1) is 0 Å². The summed E-state index contributed by atoms with van der Waals surface area (Å²) in [6.45, 7) is 0.996. The van der Waals surface area contributed by atoms with E-state index in [4.69, 9.17) is 4.74 Å². The van der Waals surface area contributed by atoms with Gasteiger partial charge in [-0.05, 0) is 79.7 Å². The molecule has 5 rings (SSSR count). The second-order valence-electron chi connectivity index (χ2n) is 8.97. The molecule has 1 aliphatic heterocycles. The van der Waals surface area contributed by atoms with Crippen molar-refractivity contribution in [1.82, 2.24) is 9.29 Å². The molecule has 2 aliphatic carbocycles. The van der Waals surface area contributed by atoms with E-state index in [1.54, 1.807) is 23.0 Å². The summed E-state index contributed by atoms with van der Waals surface area (Å²) < 4.78 is 37.7. The molecule has 33 heavy (non-hydrogen) atoms. The standard InChI is InChI=1S/C23H30N4O4S.Na.H/c1-26-11-8-19(15-26)27(18-9-12-31-13-10-18)32(29,30)25-23(28)24-22-20-6-2-4-16(20)14-17-5-3-7-21(17)22;;/h8,11,14-15,18H,2-7,9-10,12-13H2,1H3,(H2,24,25,28);;/q;+1;-1. The van der Waals surface area contributed by atoms with Gasteiger partial charge in [-0.3, -0.25) is 0 Å². The van der Waals surface area contributed by atoms with E-state index in [0.717, 1.165) is 44.2 Å². The molecule has 0 unspecified atom stereocenters. The summed E-state index contributed by atoms with van der Waals surface area (Å²) >= 11 is 0. The Balaban J connectivity index is 0.00000162. The Kier molecular flexibility index (Phi) is 7.45. The summed E-state index contributed by atoms with van der Waals surface area (Å²) in [5, 5.41) is 2.93. The first kappa shape index (κ1) is 24.6. The number of hydrogen-bond donors (Lipinski definition) is 2. The fourth-order valence-corrected chi connectivity index (χ4v) is 6.73. The number of carbonyl (C=O) groups is 1. The van der Waals surface area contributed by atoms with Crippen molar-refractivity contribution >= 4 is 27.6 Å². The van der Waals surface area contributed by atoms with Crippen LogP contribution in [-0.2, 0) is 47.7 Å². The molecule has 1 aromatic carbocycles. The predicted octanol–water partition coefficient (Wildman–Crippen LogP) is 0.171. The third kappa shape index (κ3) is 4.98. The summed E-state index contributed by atoms with van der Waals surface area (Å²) in [5.41, 5.74) is 6.29. The average molecular weight is 483 g/mol. The Morgan fingerprint density at radius 3 is 2.33 bits per heavy atom. The van der Waals surface area contributed by atoms with Crippen molar-refractivity contribution in [2.75, 3.05) is 22.8 Å². The molecule has 174 valence electrons. The molecule has 10 heteroatoms. The van der Waals surface area contributed by atoms with Gasteiger partial charge in [-0.1, -0.05) is 6.07 Å². The van der Waals surface area contributed by atoms with Gasteiger partial charge in [0.25, 0.3) is 0 Å². The first-order valence-electron chi connectivity index (χ1n) is 11.4. The molecule has 1 aromatic heterocycles. The topological polar surface area (TPSA) is 92.7 Å². The van der Waals surface area contributed by atoms with Gasteiger partial charge in [0.1, 0.15) is 0 Å². The smallest absolute Gasteiger partial charge is 1.00 e. The van der Waals surface area contributed by atoms with Gasteiger partial charge < -0.3 is 16.0 Å². The maximum absolute atomic E-state index is 13.4. The van der Waals surface area contributed by atoms with Gasteiger partial charge in [-0.2, -0.15) is 8.42 Å². The molecule has 2 N–H and O–H groups in total. The number of ether oxygens (including phenoxy) is 1. The molecule has 1 saturated heterocycles. The minimum absolute atomic E-state index is 0. The number of amides is 2. The Morgan fingerprint density at radius 1 is 1.12 bits per heavy atom. The second-order valence-corrected chi connectivity index (χ2v) is 10.5. The fourth-order valence-electron chi connectivity index (χ4n) is 5.36. The Hall–Kier alpha value is -1.52. The van der Waals surface area contributed by atoms with Crippen LogP contribution in [0.5, 0.6) is 0 Å². The number of nitrogens with zero attached hydrogens (tertiary/aromatic N) is 2. The SMILES string of the molecule is Cn1ccc(N(C2CCOCC2)S(=O)(=O)NC(=O)Nc2c3c(cc4c2CCC4)CCC3)c1.[H-].[Na+]. The minimum Gasteiger partial charge on any atom is -1.00 e. The van der Waals surface area contributed by atoms with Gasteiger partial charge in [0.05, 0.1) is 11.7 Å². The molecule has 1 fully saturated rings. The van der Waals surface area contributed by atoms with Crippen molar-refractivity contribution in [2.24, 2.45) is 7.05 Å². The molecule has 0 atom stereocenters. The monoisotopic (exact) mass is 482 g/mol. The van der Waals surface area contributed by atoms with Gasteiger partial charge in [-0.15, -0.1) is 0 Å². The Labute approximate surface area is 219 Å². The molecule has 0 radical (unpaired) electrons. The number of benzene rings is 1. The fraction of sp³-hybridized carbons (Fsp3) is 0.522. The molecule has 0 bridgehead atoms. The van der Waals surface area contributed by atoms with Crippen LogP contribution in [0.3, 0.4) is 0 Å². The maximum atomic E-state index is 13.4. The quantitative estimate of drug-likeness (QED) is 0.595. The van der Waals surface area contributed by atoms with Gasteiger partial charge in [-0.25, -0.2) is 13.8 Å². The van der Waals surface area contributed by atoms with E-state index in [9.17, 15) is 13.2 Å². The first-order chi connectivity index (χ1) is 15.4. The van der Waals surface area contributed by atoms with Gasteiger partial charge in [0.15, 0.2) is 0 Å². The number of anilines is 2. The summed E-state index contributed by atoms with van der Waals surface area (Å²) in [7, 11) is -2.26. The van der Waals surface area contributed by atoms with Crippen molar-refractivity contribution in [3.8, 4) is 0 Å². The largest absolute Gasteiger partial charge is 1.00 e. The van der Waals surface area contributed by atoms with Gasteiger partial charge in [0.2, 0.25) is 0 Å². The Bertz CT molecular complexity index is 1120. The van der Waals surface area contributed by atoms with E-state index in [1.807, 2.05) is 7.05 Å². The van der Waals surface area contributed by atoms with Gasteiger partial charge >= 0.3 is 45.8 Å². The molecule has 8 nitrogen and oxygen atoms in total. The first-order valence-corrected chi connectivity index (χ1v) is 12.9. The third-order valence-corrected chi connectivity index (χ3v) is 8.26.